The van der Waals surface area contributed by atoms with Gasteiger partial charge in [-0.15, -0.1) is 0 Å². The number of carbonyl (C=O) groups excluding carboxylic acids is 3. The van der Waals surface area contributed by atoms with Crippen LogP contribution >= 0.6 is 0 Å². The van der Waals surface area contributed by atoms with Gasteiger partial charge in [0.2, 0.25) is 11.8 Å². The van der Waals surface area contributed by atoms with E-state index in [1.807, 2.05) is 44.2 Å². The zero-order chi connectivity index (χ0) is 31.3. The molecule has 4 N–H and O–H groups in total. The third kappa shape index (κ3) is 12.2. The summed E-state index contributed by atoms with van der Waals surface area (Å²) in [5.41, 5.74) is 0.963. The molecule has 0 bridgehead atoms. The van der Waals surface area contributed by atoms with Crippen molar-refractivity contribution in [3.63, 3.8) is 0 Å². The monoisotopic (exact) mass is 582 g/mol. The van der Waals surface area contributed by atoms with E-state index in [9.17, 15) is 19.5 Å². The van der Waals surface area contributed by atoms with Crippen molar-refractivity contribution in [1.29, 1.82) is 0 Å². The standard InChI is InChI=1S/C32H46N4O6/c1-8-22(4)27(19-33-41-20-24-12-10-9-11-13-24)35-29(38)26(18-23-14-16-25(37)17-15-23)34-30(39)28(21(2)3)36-31(40)42-32(5,6)7/h9-17,19,21-22,26-28,37H,8,18,20H2,1-7H3,(H,34,39)(H,35,38)(H,36,40)/b33-19+/t22-,26-,27+,28-/m0/s1. The number of hydrogen-bond acceptors (Lipinski definition) is 7. The van der Waals surface area contributed by atoms with Crippen molar-refractivity contribution in [3.05, 3.63) is 65.7 Å². The van der Waals surface area contributed by atoms with Crippen molar-refractivity contribution in [2.75, 3.05) is 0 Å². The number of aromatic hydroxyl groups is 1. The summed E-state index contributed by atoms with van der Waals surface area (Å²) in [6, 6.07) is 13.7. The Labute approximate surface area is 249 Å². The highest BCUT2D eigenvalue weighted by Crippen LogP contribution is 2.14. The number of alkyl carbamates (subject to hydrolysis) is 1. The number of benzene rings is 2. The first-order chi connectivity index (χ1) is 19.8. The van der Waals surface area contributed by atoms with Crippen LogP contribution in [0.5, 0.6) is 5.75 Å². The van der Waals surface area contributed by atoms with Gasteiger partial charge in [0.25, 0.3) is 0 Å². The molecular weight excluding hydrogens is 536 g/mol. The highest BCUT2D eigenvalue weighted by Gasteiger charge is 2.31. The number of ether oxygens (including phenoxy) is 1. The Hall–Kier alpha value is -4.08. The van der Waals surface area contributed by atoms with E-state index in [1.165, 1.54) is 12.1 Å². The molecule has 230 valence electrons. The number of rotatable bonds is 14. The summed E-state index contributed by atoms with van der Waals surface area (Å²) in [5, 5.41) is 22.2. The smallest absolute Gasteiger partial charge is 0.408 e. The Morgan fingerprint density at radius 2 is 1.55 bits per heavy atom. The van der Waals surface area contributed by atoms with E-state index in [0.717, 1.165) is 17.5 Å². The molecule has 0 aliphatic heterocycles. The van der Waals surface area contributed by atoms with E-state index in [0.29, 0.717) is 6.61 Å². The molecule has 3 amide bonds. The highest BCUT2D eigenvalue weighted by atomic mass is 16.6. The SMILES string of the molecule is CC[C@H](C)[C@@H](/C=N/OCc1ccccc1)NC(=O)[C@H](Cc1ccc(O)cc1)NC(=O)[C@@H](NC(=O)OC(C)(C)C)C(C)C. The van der Waals surface area contributed by atoms with Crippen LogP contribution < -0.4 is 16.0 Å². The van der Waals surface area contributed by atoms with E-state index < -0.39 is 41.6 Å². The first kappa shape index (κ1) is 34.1. The average Bonchev–Trinajstić information content (AvgIpc) is 2.93. The third-order valence-corrected chi connectivity index (χ3v) is 6.57. The molecule has 0 radical (unpaired) electrons. The van der Waals surface area contributed by atoms with Crippen LogP contribution in [0.3, 0.4) is 0 Å². The minimum absolute atomic E-state index is 0.0281. The van der Waals surface area contributed by atoms with Crippen LogP contribution in [0.1, 0.15) is 66.0 Å². The molecule has 0 aliphatic rings. The summed E-state index contributed by atoms with van der Waals surface area (Å²) in [6.45, 7) is 13.1. The minimum Gasteiger partial charge on any atom is -0.508 e. The van der Waals surface area contributed by atoms with Gasteiger partial charge in [0.05, 0.1) is 12.3 Å². The largest absolute Gasteiger partial charge is 0.508 e. The van der Waals surface area contributed by atoms with Gasteiger partial charge in [-0.05, 0) is 55.9 Å². The molecule has 0 aliphatic carbocycles. The lowest BCUT2D eigenvalue weighted by atomic mass is 9.98. The molecule has 10 nitrogen and oxygen atoms in total. The van der Waals surface area contributed by atoms with Crippen molar-refractivity contribution in [2.24, 2.45) is 17.0 Å². The lowest BCUT2D eigenvalue weighted by Gasteiger charge is -2.28. The van der Waals surface area contributed by atoms with Gasteiger partial charge in [-0.2, -0.15) is 0 Å². The molecule has 4 atom stereocenters. The summed E-state index contributed by atoms with van der Waals surface area (Å²) in [4.78, 5) is 45.0. The molecule has 2 aromatic rings. The Kier molecular flexibility index (Phi) is 13.3. The fourth-order valence-electron chi connectivity index (χ4n) is 3.95. The van der Waals surface area contributed by atoms with Crippen LogP contribution in [0.25, 0.3) is 0 Å². The van der Waals surface area contributed by atoms with Crippen LogP contribution in [0.2, 0.25) is 0 Å². The number of oxime groups is 1. The van der Waals surface area contributed by atoms with Crippen molar-refractivity contribution >= 4 is 24.1 Å². The topological polar surface area (TPSA) is 138 Å². The molecular formula is C32H46N4O6. The van der Waals surface area contributed by atoms with Crippen molar-refractivity contribution in [1.82, 2.24) is 16.0 Å². The quantitative estimate of drug-likeness (QED) is 0.188. The molecule has 2 rings (SSSR count). The molecule has 42 heavy (non-hydrogen) atoms. The summed E-state index contributed by atoms with van der Waals surface area (Å²) in [7, 11) is 0. The number of amides is 3. The maximum absolute atomic E-state index is 13.6. The van der Waals surface area contributed by atoms with E-state index in [4.69, 9.17) is 9.57 Å². The second-order valence-corrected chi connectivity index (χ2v) is 11.7. The first-order valence-corrected chi connectivity index (χ1v) is 14.4. The molecule has 0 unspecified atom stereocenters. The molecule has 10 heteroatoms. The van der Waals surface area contributed by atoms with Gasteiger partial charge in [0.1, 0.15) is 30.0 Å². The second kappa shape index (κ2) is 16.4. The molecule has 2 aromatic carbocycles. The number of phenolic OH excluding ortho intramolecular Hbond substituents is 1. The molecule has 0 saturated carbocycles. The predicted molar refractivity (Wildman–Crippen MR) is 163 cm³/mol. The summed E-state index contributed by atoms with van der Waals surface area (Å²) in [6.07, 6.45) is 1.76. The van der Waals surface area contributed by atoms with Crippen LogP contribution in [-0.4, -0.2) is 53.0 Å². The number of carbonyl (C=O) groups is 3. The van der Waals surface area contributed by atoms with Crippen molar-refractivity contribution < 1.29 is 29.1 Å². The van der Waals surface area contributed by atoms with E-state index in [1.54, 1.807) is 53.0 Å². The van der Waals surface area contributed by atoms with Crippen molar-refractivity contribution in [2.45, 2.75) is 91.6 Å². The lowest BCUT2D eigenvalue weighted by Crippen LogP contribution is -2.57. The van der Waals surface area contributed by atoms with Gasteiger partial charge in [0, 0.05) is 6.42 Å². The van der Waals surface area contributed by atoms with Crippen molar-refractivity contribution in [3.8, 4) is 5.75 Å². The molecule has 0 spiro atoms. The third-order valence-electron chi connectivity index (χ3n) is 6.57. The summed E-state index contributed by atoms with van der Waals surface area (Å²) < 4.78 is 5.33. The van der Waals surface area contributed by atoms with Gasteiger partial charge in [-0.3, -0.25) is 9.59 Å². The highest BCUT2D eigenvalue weighted by molar-refractivity contribution is 5.92. The van der Waals surface area contributed by atoms with Crippen LogP contribution in [-0.2, 0) is 32.2 Å². The van der Waals surface area contributed by atoms with Crippen LogP contribution in [0.4, 0.5) is 4.79 Å². The predicted octanol–water partition coefficient (Wildman–Crippen LogP) is 4.70. The normalized spacial score (nSPS) is 14.5. The number of nitrogens with zero attached hydrogens (tertiary/aromatic N) is 1. The first-order valence-electron chi connectivity index (χ1n) is 14.4. The van der Waals surface area contributed by atoms with Gasteiger partial charge in [-0.25, -0.2) is 4.79 Å². The maximum atomic E-state index is 13.6. The summed E-state index contributed by atoms with van der Waals surface area (Å²) in [5.74, 6) is -1.10. The Balaban J connectivity index is 2.21. The average molecular weight is 583 g/mol. The fraction of sp³-hybridized carbons (Fsp3) is 0.500. The Morgan fingerprint density at radius 1 is 0.905 bits per heavy atom. The van der Waals surface area contributed by atoms with Gasteiger partial charge < -0.3 is 30.6 Å². The van der Waals surface area contributed by atoms with Gasteiger partial charge in [-0.1, -0.05) is 81.7 Å². The number of nitrogens with one attached hydrogen (secondary N) is 3. The summed E-state index contributed by atoms with van der Waals surface area (Å²) >= 11 is 0. The van der Waals surface area contributed by atoms with E-state index in [2.05, 4.69) is 21.1 Å². The zero-order valence-corrected chi connectivity index (χ0v) is 25.7. The minimum atomic E-state index is -0.978. The Morgan fingerprint density at radius 3 is 2.12 bits per heavy atom. The van der Waals surface area contributed by atoms with Gasteiger partial charge >= 0.3 is 6.09 Å². The zero-order valence-electron chi connectivity index (χ0n) is 25.7. The maximum Gasteiger partial charge on any atom is 0.408 e. The molecule has 0 heterocycles. The van der Waals surface area contributed by atoms with E-state index >= 15 is 0 Å². The van der Waals surface area contributed by atoms with Crippen LogP contribution in [0, 0.1) is 11.8 Å². The number of hydrogen-bond donors (Lipinski definition) is 4. The van der Waals surface area contributed by atoms with Crippen LogP contribution in [0.15, 0.2) is 59.8 Å². The molecule has 0 fully saturated rings. The fourth-order valence-corrected chi connectivity index (χ4v) is 3.95. The van der Waals surface area contributed by atoms with Gasteiger partial charge in [0.15, 0.2) is 0 Å². The Bertz CT molecular complexity index is 1160. The number of phenols is 1. The molecule has 0 aromatic heterocycles. The lowest BCUT2D eigenvalue weighted by molar-refractivity contribution is -0.130. The van der Waals surface area contributed by atoms with E-state index in [-0.39, 0.29) is 24.0 Å². The second-order valence-electron chi connectivity index (χ2n) is 11.7. The molecule has 0 saturated heterocycles.